The van der Waals surface area contributed by atoms with Gasteiger partial charge in [0.05, 0.1) is 30.2 Å². The van der Waals surface area contributed by atoms with Crippen LogP contribution in [0.2, 0.25) is 0 Å². The molecule has 0 aliphatic heterocycles. The number of nitrogens with zero attached hydrogens (tertiary/aromatic N) is 1. The quantitative estimate of drug-likeness (QED) is 0.750. The fourth-order valence-corrected chi connectivity index (χ4v) is 4.12. The first-order valence-electron chi connectivity index (χ1n) is 6.67. The molecule has 0 saturated heterocycles. The minimum Gasteiger partial charge on any atom is -0.467 e. The number of nitrogens with one attached hydrogen (secondary N) is 1. The number of carbonyl (C=O) groups is 2. The lowest BCUT2D eigenvalue weighted by Gasteiger charge is -2.09. The molecule has 0 aliphatic rings. The van der Waals surface area contributed by atoms with Crippen molar-refractivity contribution in [1.82, 2.24) is 10.3 Å². The van der Waals surface area contributed by atoms with Gasteiger partial charge < -0.3 is 15.5 Å². The van der Waals surface area contributed by atoms with E-state index in [4.69, 9.17) is 10.2 Å². The van der Waals surface area contributed by atoms with E-state index in [9.17, 15) is 9.59 Å². The van der Waals surface area contributed by atoms with E-state index in [1.54, 1.807) is 18.4 Å². The van der Waals surface area contributed by atoms with Gasteiger partial charge in [-0.3, -0.25) is 9.59 Å². The molecule has 1 atom stereocenters. The molecule has 0 fully saturated rings. The first kappa shape index (κ1) is 16.6. The van der Waals surface area contributed by atoms with E-state index in [2.05, 4.69) is 10.3 Å². The molecule has 2 rings (SSSR count). The molecule has 0 aliphatic carbocycles. The SMILES string of the molecule is Cc1nc(S[C@H](C)C(=O)NCc2ccco2)sc1CC(N)=O. The van der Waals surface area contributed by atoms with Crippen molar-refractivity contribution in [2.45, 2.75) is 36.4 Å². The number of furan rings is 1. The number of thioether (sulfide) groups is 1. The third-order valence-corrected chi connectivity index (χ3v) is 5.22. The molecule has 2 amide bonds. The average molecular weight is 339 g/mol. The maximum Gasteiger partial charge on any atom is 0.233 e. The number of aryl methyl sites for hydroxylation is 1. The van der Waals surface area contributed by atoms with Crippen LogP contribution in [0.5, 0.6) is 0 Å². The minimum atomic E-state index is -0.382. The highest BCUT2D eigenvalue weighted by molar-refractivity contribution is 8.02. The van der Waals surface area contributed by atoms with E-state index in [0.717, 1.165) is 14.9 Å². The number of thiazole rings is 1. The summed E-state index contributed by atoms with van der Waals surface area (Å²) in [5, 5.41) is 2.52. The largest absolute Gasteiger partial charge is 0.467 e. The summed E-state index contributed by atoms with van der Waals surface area (Å²) in [4.78, 5) is 28.2. The van der Waals surface area contributed by atoms with Gasteiger partial charge in [-0.2, -0.15) is 0 Å². The maximum absolute atomic E-state index is 12.0. The molecular formula is C14H17N3O3S2. The van der Waals surface area contributed by atoms with E-state index in [1.807, 2.05) is 13.8 Å². The Morgan fingerprint density at radius 3 is 2.95 bits per heavy atom. The van der Waals surface area contributed by atoms with Gasteiger partial charge in [-0.05, 0) is 26.0 Å². The number of amides is 2. The highest BCUT2D eigenvalue weighted by Gasteiger charge is 2.18. The van der Waals surface area contributed by atoms with Crippen LogP contribution >= 0.6 is 23.1 Å². The lowest BCUT2D eigenvalue weighted by molar-refractivity contribution is -0.120. The number of carbonyl (C=O) groups excluding carboxylic acids is 2. The van der Waals surface area contributed by atoms with Gasteiger partial charge in [0.25, 0.3) is 0 Å². The van der Waals surface area contributed by atoms with Crippen molar-refractivity contribution >= 4 is 34.9 Å². The third kappa shape index (κ3) is 4.60. The molecule has 118 valence electrons. The second-order valence-corrected chi connectivity index (χ2v) is 7.36. The monoisotopic (exact) mass is 339 g/mol. The summed E-state index contributed by atoms with van der Waals surface area (Å²) in [6.45, 7) is 4.01. The molecule has 0 unspecified atom stereocenters. The summed E-state index contributed by atoms with van der Waals surface area (Å²) in [5.41, 5.74) is 5.98. The van der Waals surface area contributed by atoms with Crippen molar-refractivity contribution in [3.05, 3.63) is 34.7 Å². The van der Waals surface area contributed by atoms with Crippen LogP contribution in [0.15, 0.2) is 27.2 Å². The van der Waals surface area contributed by atoms with Crippen LogP contribution in [-0.4, -0.2) is 22.0 Å². The van der Waals surface area contributed by atoms with Gasteiger partial charge in [0.15, 0.2) is 4.34 Å². The van der Waals surface area contributed by atoms with Crippen LogP contribution in [0.4, 0.5) is 0 Å². The maximum atomic E-state index is 12.0. The molecule has 0 radical (unpaired) electrons. The molecule has 8 heteroatoms. The van der Waals surface area contributed by atoms with Gasteiger partial charge in [-0.1, -0.05) is 11.8 Å². The van der Waals surface area contributed by atoms with Crippen molar-refractivity contribution in [1.29, 1.82) is 0 Å². The second-order valence-electron chi connectivity index (χ2n) is 4.69. The van der Waals surface area contributed by atoms with Crippen molar-refractivity contribution in [3.8, 4) is 0 Å². The highest BCUT2D eigenvalue weighted by atomic mass is 32.2. The molecule has 2 heterocycles. The summed E-state index contributed by atoms with van der Waals surface area (Å²) < 4.78 is 5.92. The second kappa shape index (κ2) is 7.46. The number of primary amides is 1. The predicted molar refractivity (Wildman–Crippen MR) is 85.6 cm³/mol. The standard InChI is InChI=1S/C14H17N3O3S2/c1-8-11(6-12(15)18)22-14(17-8)21-9(2)13(19)16-7-10-4-3-5-20-10/h3-5,9H,6-7H2,1-2H3,(H2,15,18)(H,16,19)/t9-/m1/s1. The smallest absolute Gasteiger partial charge is 0.233 e. The van der Waals surface area contributed by atoms with Crippen molar-refractivity contribution < 1.29 is 14.0 Å². The molecule has 0 saturated carbocycles. The van der Waals surface area contributed by atoms with E-state index < -0.39 is 0 Å². The van der Waals surface area contributed by atoms with E-state index in [0.29, 0.717) is 12.3 Å². The summed E-state index contributed by atoms with van der Waals surface area (Å²) >= 11 is 2.77. The minimum absolute atomic E-state index is 0.0919. The fourth-order valence-electron chi connectivity index (χ4n) is 1.71. The van der Waals surface area contributed by atoms with E-state index >= 15 is 0 Å². The molecule has 6 nitrogen and oxygen atoms in total. The topological polar surface area (TPSA) is 98.2 Å². The Labute approximate surface area is 136 Å². The van der Waals surface area contributed by atoms with Crippen LogP contribution < -0.4 is 11.1 Å². The summed E-state index contributed by atoms with van der Waals surface area (Å²) in [5.74, 6) is 0.234. The van der Waals surface area contributed by atoms with Gasteiger partial charge in [-0.15, -0.1) is 11.3 Å². The van der Waals surface area contributed by atoms with Crippen LogP contribution in [-0.2, 0) is 22.6 Å². The number of aromatic nitrogens is 1. The Kier molecular flexibility index (Phi) is 5.62. The molecule has 2 aromatic rings. The Morgan fingerprint density at radius 1 is 1.55 bits per heavy atom. The normalized spacial score (nSPS) is 12.1. The molecular weight excluding hydrogens is 322 g/mol. The number of hydrogen-bond acceptors (Lipinski definition) is 6. The van der Waals surface area contributed by atoms with Crippen molar-refractivity contribution in [2.24, 2.45) is 5.73 Å². The van der Waals surface area contributed by atoms with Crippen LogP contribution in [0, 0.1) is 6.92 Å². The molecule has 0 aromatic carbocycles. The van der Waals surface area contributed by atoms with Crippen LogP contribution in [0.1, 0.15) is 23.3 Å². The zero-order valence-corrected chi connectivity index (χ0v) is 13.9. The molecule has 0 bridgehead atoms. The molecule has 22 heavy (non-hydrogen) atoms. The summed E-state index contributed by atoms with van der Waals surface area (Å²) in [7, 11) is 0. The average Bonchev–Trinajstić information content (AvgIpc) is 3.06. The molecule has 0 spiro atoms. The Balaban J connectivity index is 1.89. The first-order chi connectivity index (χ1) is 10.5. The Morgan fingerprint density at radius 2 is 2.32 bits per heavy atom. The fraction of sp³-hybridized carbons (Fsp3) is 0.357. The lowest BCUT2D eigenvalue weighted by Crippen LogP contribution is -2.30. The van der Waals surface area contributed by atoms with E-state index in [-0.39, 0.29) is 23.5 Å². The zero-order valence-electron chi connectivity index (χ0n) is 12.3. The van der Waals surface area contributed by atoms with Crippen LogP contribution in [0.3, 0.4) is 0 Å². The Hall–Kier alpha value is -1.80. The van der Waals surface area contributed by atoms with Gasteiger partial charge in [-0.25, -0.2) is 4.98 Å². The van der Waals surface area contributed by atoms with Gasteiger partial charge in [0, 0.05) is 4.88 Å². The highest BCUT2D eigenvalue weighted by Crippen LogP contribution is 2.30. The number of nitrogens with two attached hydrogens (primary N) is 1. The van der Waals surface area contributed by atoms with Gasteiger partial charge in [0.1, 0.15) is 5.76 Å². The first-order valence-corrected chi connectivity index (χ1v) is 8.36. The van der Waals surface area contributed by atoms with Crippen molar-refractivity contribution in [2.75, 3.05) is 0 Å². The Bertz CT molecular complexity index is 652. The zero-order chi connectivity index (χ0) is 16.1. The summed E-state index contributed by atoms with van der Waals surface area (Å²) in [6, 6.07) is 3.58. The number of hydrogen-bond donors (Lipinski definition) is 2. The summed E-state index contributed by atoms with van der Waals surface area (Å²) in [6.07, 6.45) is 1.75. The predicted octanol–water partition coefficient (Wildman–Crippen LogP) is 1.87. The third-order valence-electron chi connectivity index (χ3n) is 2.87. The lowest BCUT2D eigenvalue weighted by atomic mass is 10.3. The van der Waals surface area contributed by atoms with Gasteiger partial charge in [0.2, 0.25) is 11.8 Å². The van der Waals surface area contributed by atoms with Gasteiger partial charge >= 0.3 is 0 Å². The van der Waals surface area contributed by atoms with E-state index in [1.165, 1.54) is 23.1 Å². The van der Waals surface area contributed by atoms with Crippen molar-refractivity contribution in [3.63, 3.8) is 0 Å². The van der Waals surface area contributed by atoms with Crippen LogP contribution in [0.25, 0.3) is 0 Å². The molecule has 2 aromatic heterocycles. The molecule has 3 N–H and O–H groups in total. The number of rotatable bonds is 7.